The van der Waals surface area contributed by atoms with E-state index in [0.717, 1.165) is 0 Å². The largest absolute Gasteiger partial charge is 0.490 e. The Morgan fingerprint density at radius 1 is 1.29 bits per heavy atom. The van der Waals surface area contributed by atoms with E-state index in [2.05, 4.69) is 20.3 Å². The number of imidazole rings is 1. The van der Waals surface area contributed by atoms with Crippen LogP contribution >= 0.6 is 0 Å². The molecule has 0 saturated heterocycles. The number of fused-ring (bicyclic) bond motifs is 1. The average molecular weight is 421 g/mol. The lowest BCUT2D eigenvalue weighted by Crippen LogP contribution is -2.12. The zero-order chi connectivity index (χ0) is 21.5. The number of aryl methyl sites for hydroxylation is 2. The van der Waals surface area contributed by atoms with Crippen molar-refractivity contribution in [2.45, 2.75) is 26.7 Å². The molecule has 1 aliphatic rings. The van der Waals surface area contributed by atoms with E-state index in [1.165, 1.54) is 31.0 Å². The zero-order valence-corrected chi connectivity index (χ0v) is 17.1. The second-order valence-electron chi connectivity index (χ2n) is 7.67. The summed E-state index contributed by atoms with van der Waals surface area (Å²) in [5, 5.41) is 2.72. The number of hydrogen-bond donors (Lipinski definition) is 1. The summed E-state index contributed by atoms with van der Waals surface area (Å²) in [6, 6.07) is 4.29. The van der Waals surface area contributed by atoms with Crippen LogP contribution in [-0.4, -0.2) is 31.9 Å². The van der Waals surface area contributed by atoms with Crippen LogP contribution in [0.2, 0.25) is 0 Å². The summed E-state index contributed by atoms with van der Waals surface area (Å²) >= 11 is 0. The van der Waals surface area contributed by atoms with E-state index >= 15 is 0 Å². The van der Waals surface area contributed by atoms with Crippen LogP contribution in [0.15, 0.2) is 41.2 Å². The minimum Gasteiger partial charge on any atom is -0.490 e. The van der Waals surface area contributed by atoms with Crippen molar-refractivity contribution in [3.8, 4) is 17.0 Å². The maximum Gasteiger partial charge on any atom is 0.293 e. The summed E-state index contributed by atoms with van der Waals surface area (Å²) in [6.07, 6.45) is 7.47. The Labute approximate surface area is 177 Å². The van der Waals surface area contributed by atoms with E-state index in [9.17, 15) is 9.18 Å². The first-order chi connectivity index (χ1) is 15.0. The van der Waals surface area contributed by atoms with Gasteiger partial charge in [-0.15, -0.1) is 0 Å². The SMILES string of the molecule is Cc1nc(C)c(C(=O)Nc2ccc(F)c(-c3cn4cc(OCC5CC5)cnc4n3)c2)o1. The van der Waals surface area contributed by atoms with Gasteiger partial charge in [-0.2, -0.15) is 0 Å². The van der Waals surface area contributed by atoms with Crippen LogP contribution in [0.4, 0.5) is 10.1 Å². The van der Waals surface area contributed by atoms with E-state index in [4.69, 9.17) is 9.15 Å². The molecule has 4 aromatic rings. The highest BCUT2D eigenvalue weighted by atomic mass is 19.1. The molecule has 0 bridgehead atoms. The number of carbonyl (C=O) groups is 1. The van der Waals surface area contributed by atoms with Crippen LogP contribution in [0.25, 0.3) is 17.0 Å². The number of aromatic nitrogens is 4. The Hall–Kier alpha value is -3.75. The fraction of sp³-hybridized carbons (Fsp3) is 0.273. The molecule has 8 nitrogen and oxygen atoms in total. The Morgan fingerprint density at radius 2 is 2.13 bits per heavy atom. The van der Waals surface area contributed by atoms with Crippen LogP contribution in [0, 0.1) is 25.6 Å². The van der Waals surface area contributed by atoms with Crippen molar-refractivity contribution in [1.29, 1.82) is 0 Å². The number of oxazole rings is 1. The maximum atomic E-state index is 14.6. The Kier molecular flexibility index (Phi) is 4.65. The first kappa shape index (κ1) is 19.2. The predicted molar refractivity (Wildman–Crippen MR) is 111 cm³/mol. The molecule has 1 saturated carbocycles. The van der Waals surface area contributed by atoms with Crippen molar-refractivity contribution in [3.63, 3.8) is 0 Å². The summed E-state index contributed by atoms with van der Waals surface area (Å²) < 4.78 is 27.4. The number of rotatable bonds is 6. The molecule has 9 heteroatoms. The molecule has 1 N–H and O–H groups in total. The third-order valence-corrected chi connectivity index (χ3v) is 5.08. The van der Waals surface area contributed by atoms with Crippen LogP contribution in [0.5, 0.6) is 5.75 Å². The van der Waals surface area contributed by atoms with Gasteiger partial charge in [0.2, 0.25) is 11.5 Å². The van der Waals surface area contributed by atoms with Crippen molar-refractivity contribution >= 4 is 17.4 Å². The predicted octanol–water partition coefficient (Wildman–Crippen LogP) is 4.18. The molecular weight excluding hydrogens is 401 g/mol. The number of amides is 1. The van der Waals surface area contributed by atoms with Gasteiger partial charge in [-0.3, -0.25) is 9.20 Å². The Balaban J connectivity index is 1.40. The van der Waals surface area contributed by atoms with Gasteiger partial charge in [0.1, 0.15) is 5.82 Å². The van der Waals surface area contributed by atoms with Gasteiger partial charge in [0.15, 0.2) is 11.6 Å². The molecule has 0 atom stereocenters. The van der Waals surface area contributed by atoms with Gasteiger partial charge >= 0.3 is 0 Å². The molecule has 1 aromatic carbocycles. The van der Waals surface area contributed by atoms with Crippen molar-refractivity contribution in [1.82, 2.24) is 19.4 Å². The summed E-state index contributed by atoms with van der Waals surface area (Å²) in [5.41, 5.74) is 1.54. The van der Waals surface area contributed by atoms with Crippen LogP contribution in [-0.2, 0) is 0 Å². The van der Waals surface area contributed by atoms with E-state index in [0.29, 0.717) is 47.0 Å². The van der Waals surface area contributed by atoms with Crippen molar-refractivity contribution in [3.05, 3.63) is 60.0 Å². The minimum atomic E-state index is -0.460. The van der Waals surface area contributed by atoms with Crippen LogP contribution in [0.3, 0.4) is 0 Å². The number of halogens is 1. The summed E-state index contributed by atoms with van der Waals surface area (Å²) in [6.45, 7) is 4.03. The second-order valence-corrected chi connectivity index (χ2v) is 7.67. The molecule has 0 aliphatic heterocycles. The number of nitrogens with zero attached hydrogens (tertiary/aromatic N) is 4. The van der Waals surface area contributed by atoms with E-state index < -0.39 is 11.7 Å². The second kappa shape index (κ2) is 7.50. The molecule has 31 heavy (non-hydrogen) atoms. The normalized spacial score (nSPS) is 13.5. The lowest BCUT2D eigenvalue weighted by atomic mass is 10.1. The van der Waals surface area contributed by atoms with E-state index in [1.807, 2.05) is 0 Å². The van der Waals surface area contributed by atoms with Crippen LogP contribution in [0.1, 0.15) is 35.0 Å². The number of benzene rings is 1. The van der Waals surface area contributed by atoms with Crippen LogP contribution < -0.4 is 10.1 Å². The Morgan fingerprint density at radius 3 is 2.87 bits per heavy atom. The number of hydrogen-bond acceptors (Lipinski definition) is 6. The molecule has 0 unspecified atom stereocenters. The van der Waals surface area contributed by atoms with Gasteiger partial charge in [-0.05, 0) is 43.9 Å². The summed E-state index contributed by atoms with van der Waals surface area (Å²) in [4.78, 5) is 25.3. The molecule has 3 heterocycles. The lowest BCUT2D eigenvalue weighted by Gasteiger charge is -2.06. The first-order valence-electron chi connectivity index (χ1n) is 9.99. The van der Waals surface area contributed by atoms with Gasteiger partial charge in [0.05, 0.1) is 30.4 Å². The van der Waals surface area contributed by atoms with Gasteiger partial charge in [-0.25, -0.2) is 19.3 Å². The first-order valence-corrected chi connectivity index (χ1v) is 9.99. The quantitative estimate of drug-likeness (QED) is 0.502. The molecule has 1 fully saturated rings. The topological polar surface area (TPSA) is 94.6 Å². The number of anilines is 1. The van der Waals surface area contributed by atoms with Crippen molar-refractivity contribution in [2.75, 3.05) is 11.9 Å². The van der Waals surface area contributed by atoms with E-state index in [-0.39, 0.29) is 11.3 Å². The smallest absolute Gasteiger partial charge is 0.293 e. The Bertz CT molecular complexity index is 1290. The molecule has 158 valence electrons. The zero-order valence-electron chi connectivity index (χ0n) is 17.1. The van der Waals surface area contributed by atoms with Gasteiger partial charge < -0.3 is 14.5 Å². The van der Waals surface area contributed by atoms with Gasteiger partial charge in [0, 0.05) is 24.4 Å². The highest BCUT2D eigenvalue weighted by molar-refractivity contribution is 6.03. The summed E-state index contributed by atoms with van der Waals surface area (Å²) in [7, 11) is 0. The van der Waals surface area contributed by atoms with Crippen molar-refractivity contribution in [2.24, 2.45) is 5.92 Å². The molecule has 3 aromatic heterocycles. The number of carbonyl (C=O) groups excluding carboxylic acids is 1. The molecule has 0 spiro atoms. The molecule has 1 aliphatic carbocycles. The molecule has 0 radical (unpaired) electrons. The maximum absolute atomic E-state index is 14.6. The molecule has 1 amide bonds. The van der Waals surface area contributed by atoms with E-state index in [1.54, 1.807) is 36.8 Å². The lowest BCUT2D eigenvalue weighted by molar-refractivity contribution is 0.0994. The fourth-order valence-electron chi connectivity index (χ4n) is 3.30. The number of ether oxygens (including phenoxy) is 1. The highest BCUT2D eigenvalue weighted by Gasteiger charge is 2.22. The monoisotopic (exact) mass is 421 g/mol. The van der Waals surface area contributed by atoms with Gasteiger partial charge in [-0.1, -0.05) is 0 Å². The standard InChI is InChI=1S/C22H20FN5O3/c1-12-20(31-13(2)25-12)21(29)26-15-5-6-18(23)17(7-15)19-10-28-9-16(8-24-22(28)27-19)30-11-14-3-4-14/h5-10,14H,3-4,11H2,1-2H3,(H,26,29). The minimum absolute atomic E-state index is 0.124. The summed E-state index contributed by atoms with van der Waals surface area (Å²) in [5.74, 6) is 1.31. The highest BCUT2D eigenvalue weighted by Crippen LogP contribution is 2.30. The molecular formula is C22H20FN5O3. The third kappa shape index (κ3) is 3.98. The van der Waals surface area contributed by atoms with Gasteiger partial charge in [0.25, 0.3) is 5.91 Å². The fourth-order valence-corrected chi connectivity index (χ4v) is 3.30. The van der Waals surface area contributed by atoms with Crippen molar-refractivity contribution < 1.29 is 18.3 Å². The third-order valence-electron chi connectivity index (χ3n) is 5.08. The number of nitrogens with one attached hydrogen (secondary N) is 1. The molecule has 5 rings (SSSR count). The average Bonchev–Trinajstić information content (AvgIpc) is 3.38.